The van der Waals surface area contributed by atoms with E-state index in [9.17, 15) is 0 Å². The van der Waals surface area contributed by atoms with E-state index >= 15 is 0 Å². The van der Waals surface area contributed by atoms with Crippen LogP contribution in [0, 0.1) is 12.8 Å². The summed E-state index contributed by atoms with van der Waals surface area (Å²) >= 11 is 1.73. The Bertz CT molecular complexity index is 308. The highest BCUT2D eigenvalue weighted by Gasteiger charge is 2.26. The Labute approximate surface area is 88.9 Å². The minimum absolute atomic E-state index is 0.307. The van der Waals surface area contributed by atoms with Crippen molar-refractivity contribution in [1.82, 2.24) is 4.98 Å². The van der Waals surface area contributed by atoms with E-state index in [2.05, 4.69) is 22.2 Å². The van der Waals surface area contributed by atoms with Crippen molar-refractivity contribution in [1.29, 1.82) is 0 Å². The average Bonchev–Trinajstić information content (AvgIpc) is 2.70. The SMILES string of the molecule is Cc1csc(N2CCC(C(C)N)C2)n1. The minimum atomic E-state index is 0.307. The first kappa shape index (κ1) is 9.93. The van der Waals surface area contributed by atoms with Crippen molar-refractivity contribution in [3.8, 4) is 0 Å². The van der Waals surface area contributed by atoms with Crippen LogP contribution in [0.2, 0.25) is 0 Å². The molecule has 2 heterocycles. The lowest BCUT2D eigenvalue weighted by Crippen LogP contribution is -2.29. The molecule has 0 radical (unpaired) electrons. The van der Waals surface area contributed by atoms with Crippen LogP contribution in [0.4, 0.5) is 5.13 Å². The second kappa shape index (κ2) is 3.87. The Morgan fingerprint density at radius 2 is 2.50 bits per heavy atom. The Morgan fingerprint density at radius 1 is 1.71 bits per heavy atom. The highest BCUT2D eigenvalue weighted by atomic mass is 32.1. The fraction of sp³-hybridized carbons (Fsp3) is 0.700. The van der Waals surface area contributed by atoms with Crippen LogP contribution in [0.25, 0.3) is 0 Å². The van der Waals surface area contributed by atoms with Crippen LogP contribution in [0.1, 0.15) is 19.0 Å². The molecule has 0 saturated carbocycles. The fourth-order valence-corrected chi connectivity index (χ4v) is 2.72. The summed E-state index contributed by atoms with van der Waals surface area (Å²) in [5, 5.41) is 3.26. The second-order valence-corrected chi connectivity index (χ2v) is 4.96. The molecule has 2 unspecified atom stereocenters. The molecule has 1 aliphatic rings. The van der Waals surface area contributed by atoms with E-state index in [1.165, 1.54) is 6.42 Å². The number of hydrogen-bond acceptors (Lipinski definition) is 4. The van der Waals surface area contributed by atoms with E-state index in [0.29, 0.717) is 12.0 Å². The molecule has 0 aromatic carbocycles. The number of nitrogens with zero attached hydrogens (tertiary/aromatic N) is 2. The molecule has 2 rings (SSSR count). The molecule has 1 aromatic rings. The van der Waals surface area contributed by atoms with Crippen LogP contribution in [0.5, 0.6) is 0 Å². The fourth-order valence-electron chi connectivity index (χ4n) is 1.88. The molecule has 14 heavy (non-hydrogen) atoms. The maximum Gasteiger partial charge on any atom is 0.185 e. The van der Waals surface area contributed by atoms with Gasteiger partial charge in [0.1, 0.15) is 0 Å². The van der Waals surface area contributed by atoms with Crippen LogP contribution in [-0.2, 0) is 0 Å². The maximum atomic E-state index is 5.90. The van der Waals surface area contributed by atoms with Crippen molar-refractivity contribution in [2.45, 2.75) is 26.3 Å². The van der Waals surface area contributed by atoms with Gasteiger partial charge in [0.15, 0.2) is 5.13 Å². The number of hydrogen-bond donors (Lipinski definition) is 1. The number of nitrogens with two attached hydrogens (primary N) is 1. The molecule has 1 aliphatic heterocycles. The quantitative estimate of drug-likeness (QED) is 0.808. The Kier molecular flexibility index (Phi) is 2.74. The Hall–Kier alpha value is -0.610. The van der Waals surface area contributed by atoms with E-state index in [0.717, 1.165) is 23.9 Å². The highest BCUT2D eigenvalue weighted by molar-refractivity contribution is 7.13. The molecule has 1 saturated heterocycles. The standard InChI is InChI=1S/C10H17N3S/c1-7-6-14-10(12-7)13-4-3-9(5-13)8(2)11/h6,8-9H,3-5,11H2,1-2H3. The molecule has 0 bridgehead atoms. The molecular weight excluding hydrogens is 194 g/mol. The molecule has 0 aliphatic carbocycles. The van der Waals surface area contributed by atoms with Crippen molar-refractivity contribution in [2.75, 3.05) is 18.0 Å². The van der Waals surface area contributed by atoms with Crippen molar-refractivity contribution >= 4 is 16.5 Å². The summed E-state index contributed by atoms with van der Waals surface area (Å²) < 4.78 is 0. The average molecular weight is 211 g/mol. The van der Waals surface area contributed by atoms with Crippen LogP contribution < -0.4 is 10.6 Å². The number of thiazole rings is 1. The summed E-state index contributed by atoms with van der Waals surface area (Å²) in [6.45, 7) is 6.32. The van der Waals surface area contributed by atoms with E-state index in [1.807, 2.05) is 6.92 Å². The van der Waals surface area contributed by atoms with Gasteiger partial charge < -0.3 is 10.6 Å². The van der Waals surface area contributed by atoms with Crippen LogP contribution >= 0.6 is 11.3 Å². The third-order valence-electron chi connectivity index (χ3n) is 2.85. The van der Waals surface area contributed by atoms with Crippen LogP contribution in [0.3, 0.4) is 0 Å². The molecule has 3 nitrogen and oxygen atoms in total. The molecule has 0 amide bonds. The van der Waals surface area contributed by atoms with E-state index in [-0.39, 0.29) is 0 Å². The molecule has 2 atom stereocenters. The number of aromatic nitrogens is 1. The van der Waals surface area contributed by atoms with Crippen molar-refractivity contribution < 1.29 is 0 Å². The zero-order valence-corrected chi connectivity index (χ0v) is 9.55. The van der Waals surface area contributed by atoms with Gasteiger partial charge in [-0.2, -0.15) is 0 Å². The van der Waals surface area contributed by atoms with Gasteiger partial charge in [0.25, 0.3) is 0 Å². The Morgan fingerprint density at radius 3 is 3.00 bits per heavy atom. The van der Waals surface area contributed by atoms with E-state index in [1.54, 1.807) is 11.3 Å². The predicted molar refractivity (Wildman–Crippen MR) is 60.8 cm³/mol. The molecule has 4 heteroatoms. The number of rotatable bonds is 2. The van der Waals surface area contributed by atoms with Gasteiger partial charge in [0.2, 0.25) is 0 Å². The molecule has 0 spiro atoms. The summed E-state index contributed by atoms with van der Waals surface area (Å²) in [6.07, 6.45) is 1.20. The van der Waals surface area contributed by atoms with Crippen molar-refractivity contribution in [3.63, 3.8) is 0 Å². The largest absolute Gasteiger partial charge is 0.348 e. The smallest absolute Gasteiger partial charge is 0.185 e. The van der Waals surface area contributed by atoms with Crippen molar-refractivity contribution in [2.24, 2.45) is 11.7 Å². The first-order chi connectivity index (χ1) is 6.66. The van der Waals surface area contributed by atoms with Gasteiger partial charge in [-0.05, 0) is 26.2 Å². The zero-order chi connectivity index (χ0) is 10.1. The van der Waals surface area contributed by atoms with E-state index < -0.39 is 0 Å². The summed E-state index contributed by atoms with van der Waals surface area (Å²) in [5.41, 5.74) is 7.02. The van der Waals surface area contributed by atoms with Crippen LogP contribution in [-0.4, -0.2) is 24.1 Å². The zero-order valence-electron chi connectivity index (χ0n) is 8.73. The molecule has 2 N–H and O–H groups in total. The Balaban J connectivity index is 2.02. The van der Waals surface area contributed by atoms with Gasteiger partial charge in [0, 0.05) is 24.5 Å². The normalized spacial score (nSPS) is 24.2. The predicted octanol–water partition coefficient (Wildman–Crippen LogP) is 1.63. The summed E-state index contributed by atoms with van der Waals surface area (Å²) in [4.78, 5) is 6.84. The lowest BCUT2D eigenvalue weighted by Gasteiger charge is -2.16. The highest BCUT2D eigenvalue weighted by Crippen LogP contribution is 2.27. The first-order valence-electron chi connectivity index (χ1n) is 5.09. The minimum Gasteiger partial charge on any atom is -0.348 e. The number of aryl methyl sites for hydroxylation is 1. The van der Waals surface area contributed by atoms with E-state index in [4.69, 9.17) is 5.73 Å². The van der Waals surface area contributed by atoms with Gasteiger partial charge in [-0.1, -0.05) is 0 Å². The summed E-state index contributed by atoms with van der Waals surface area (Å²) in [6, 6.07) is 0.307. The van der Waals surface area contributed by atoms with Gasteiger partial charge in [-0.15, -0.1) is 11.3 Å². The monoisotopic (exact) mass is 211 g/mol. The van der Waals surface area contributed by atoms with Gasteiger partial charge >= 0.3 is 0 Å². The molecule has 1 aromatic heterocycles. The lowest BCUT2D eigenvalue weighted by molar-refractivity contribution is 0.488. The van der Waals surface area contributed by atoms with Crippen LogP contribution in [0.15, 0.2) is 5.38 Å². The topological polar surface area (TPSA) is 42.1 Å². The molecular formula is C10H17N3S. The third kappa shape index (κ3) is 1.91. The van der Waals surface area contributed by atoms with Gasteiger partial charge in [0.05, 0.1) is 5.69 Å². The molecule has 78 valence electrons. The first-order valence-corrected chi connectivity index (χ1v) is 5.97. The maximum absolute atomic E-state index is 5.90. The second-order valence-electron chi connectivity index (χ2n) is 4.13. The summed E-state index contributed by atoms with van der Waals surface area (Å²) in [5.74, 6) is 0.638. The van der Waals surface area contributed by atoms with Gasteiger partial charge in [-0.3, -0.25) is 0 Å². The van der Waals surface area contributed by atoms with Crippen molar-refractivity contribution in [3.05, 3.63) is 11.1 Å². The third-order valence-corrected chi connectivity index (χ3v) is 3.86. The van der Waals surface area contributed by atoms with Gasteiger partial charge in [-0.25, -0.2) is 4.98 Å². The number of anilines is 1. The summed E-state index contributed by atoms with van der Waals surface area (Å²) in [7, 11) is 0. The lowest BCUT2D eigenvalue weighted by atomic mass is 10.0. The molecule has 1 fully saturated rings.